The van der Waals surface area contributed by atoms with E-state index in [1.165, 1.54) is 0 Å². The molecule has 3 heterocycles. The molecule has 118 valence electrons. The Morgan fingerprint density at radius 3 is 3.00 bits per heavy atom. The second-order valence-electron chi connectivity index (χ2n) is 6.00. The van der Waals surface area contributed by atoms with E-state index in [2.05, 4.69) is 45.4 Å². The van der Waals surface area contributed by atoms with Gasteiger partial charge in [0.25, 0.3) is 5.89 Å². The van der Waals surface area contributed by atoms with Crippen molar-refractivity contribution in [2.45, 2.75) is 13.0 Å². The Balaban J connectivity index is 1.71. The summed E-state index contributed by atoms with van der Waals surface area (Å²) in [5.74, 6) is 1.19. The van der Waals surface area contributed by atoms with Crippen LogP contribution in [-0.4, -0.2) is 46.7 Å². The molecule has 0 amide bonds. The number of benzene rings is 1. The average molecular weight is 309 g/mol. The molecule has 6 heteroatoms. The molecule has 1 saturated heterocycles. The molecule has 0 saturated carbocycles. The second kappa shape index (κ2) is 5.72. The molecule has 6 nitrogen and oxygen atoms in total. The second-order valence-corrected chi connectivity index (χ2v) is 6.00. The van der Waals surface area contributed by atoms with Crippen LogP contribution in [0.5, 0.6) is 0 Å². The van der Waals surface area contributed by atoms with Crippen molar-refractivity contribution >= 4 is 10.9 Å². The van der Waals surface area contributed by atoms with Gasteiger partial charge in [0.15, 0.2) is 5.82 Å². The number of hydrogen-bond acceptors (Lipinski definition) is 6. The number of aryl methyl sites for hydroxylation is 1. The Morgan fingerprint density at radius 2 is 2.13 bits per heavy atom. The highest BCUT2D eigenvalue weighted by Crippen LogP contribution is 2.25. The minimum absolute atomic E-state index is 0.141. The Bertz CT molecular complexity index is 844. The molecule has 0 aliphatic carbocycles. The van der Waals surface area contributed by atoms with E-state index < -0.39 is 0 Å². The van der Waals surface area contributed by atoms with E-state index in [0.717, 1.165) is 41.8 Å². The summed E-state index contributed by atoms with van der Waals surface area (Å²) >= 11 is 0. The molecule has 2 aromatic heterocycles. The van der Waals surface area contributed by atoms with Crippen LogP contribution < -0.4 is 5.32 Å². The molecule has 1 N–H and O–H groups in total. The number of para-hydroxylation sites is 1. The minimum Gasteiger partial charge on any atom is -0.332 e. The lowest BCUT2D eigenvalue weighted by atomic mass is 10.1. The number of pyridine rings is 1. The maximum absolute atomic E-state index is 5.48. The van der Waals surface area contributed by atoms with Crippen molar-refractivity contribution in [3.63, 3.8) is 0 Å². The normalized spacial score (nSPS) is 19.3. The van der Waals surface area contributed by atoms with Gasteiger partial charge in [-0.1, -0.05) is 23.4 Å². The molecule has 3 aromatic rings. The molecule has 1 aromatic carbocycles. The summed E-state index contributed by atoms with van der Waals surface area (Å²) in [5.41, 5.74) is 2.83. The molecular formula is C17H19N5O. The van der Waals surface area contributed by atoms with Crippen LogP contribution in [-0.2, 0) is 0 Å². The van der Waals surface area contributed by atoms with Crippen LogP contribution >= 0.6 is 0 Å². The zero-order chi connectivity index (χ0) is 15.8. The van der Waals surface area contributed by atoms with E-state index in [9.17, 15) is 0 Å². The van der Waals surface area contributed by atoms with Crippen LogP contribution in [0, 0.1) is 6.92 Å². The van der Waals surface area contributed by atoms with Crippen LogP contribution in [0.25, 0.3) is 22.5 Å². The van der Waals surface area contributed by atoms with Crippen LogP contribution in [0.3, 0.4) is 0 Å². The molecule has 1 unspecified atom stereocenters. The number of likely N-dealkylation sites (N-methyl/N-ethyl adjacent to an activating group) is 1. The summed E-state index contributed by atoms with van der Waals surface area (Å²) < 4.78 is 5.48. The standard InChI is InChI=1S/C17H19N5O/c1-11-9-14(19-13-6-4-3-5-12(11)13)17-20-16(21-23-17)15-10-18-7-8-22(15)2/h3-6,9,15,18H,7-8,10H2,1-2H3. The summed E-state index contributed by atoms with van der Waals surface area (Å²) in [6, 6.07) is 10.2. The van der Waals surface area contributed by atoms with Crippen molar-refractivity contribution in [1.29, 1.82) is 0 Å². The first kappa shape index (κ1) is 14.3. The predicted molar refractivity (Wildman–Crippen MR) is 88.0 cm³/mol. The average Bonchev–Trinajstić information content (AvgIpc) is 3.05. The number of nitrogens with one attached hydrogen (secondary N) is 1. The number of fused-ring (bicyclic) bond motifs is 1. The zero-order valence-corrected chi connectivity index (χ0v) is 13.3. The monoisotopic (exact) mass is 309 g/mol. The third kappa shape index (κ3) is 2.60. The van der Waals surface area contributed by atoms with Crippen molar-refractivity contribution in [1.82, 2.24) is 25.3 Å². The Hall–Kier alpha value is -2.31. The summed E-state index contributed by atoms with van der Waals surface area (Å²) in [4.78, 5) is 11.5. The summed E-state index contributed by atoms with van der Waals surface area (Å²) in [6.45, 7) is 4.87. The van der Waals surface area contributed by atoms with Gasteiger partial charge in [-0.05, 0) is 31.7 Å². The Labute approximate surface area is 134 Å². The van der Waals surface area contributed by atoms with Gasteiger partial charge in [-0.15, -0.1) is 0 Å². The number of piperazine rings is 1. The van der Waals surface area contributed by atoms with E-state index in [0.29, 0.717) is 11.7 Å². The van der Waals surface area contributed by atoms with Gasteiger partial charge in [-0.2, -0.15) is 4.98 Å². The fraction of sp³-hybridized carbons (Fsp3) is 0.353. The van der Waals surface area contributed by atoms with Gasteiger partial charge in [0.1, 0.15) is 5.69 Å². The lowest BCUT2D eigenvalue weighted by Crippen LogP contribution is -2.44. The Kier molecular flexibility index (Phi) is 3.55. The van der Waals surface area contributed by atoms with E-state index in [1.54, 1.807) is 0 Å². The number of aromatic nitrogens is 3. The largest absolute Gasteiger partial charge is 0.332 e. The molecule has 23 heavy (non-hydrogen) atoms. The van der Waals surface area contributed by atoms with Crippen molar-refractivity contribution in [2.75, 3.05) is 26.7 Å². The quantitative estimate of drug-likeness (QED) is 0.782. The lowest BCUT2D eigenvalue weighted by molar-refractivity contribution is 0.190. The molecule has 1 fully saturated rings. The maximum Gasteiger partial charge on any atom is 0.276 e. The number of rotatable bonds is 2. The molecule has 4 rings (SSSR count). The minimum atomic E-state index is 0.141. The molecular weight excluding hydrogens is 290 g/mol. The first-order valence-corrected chi connectivity index (χ1v) is 7.84. The lowest BCUT2D eigenvalue weighted by Gasteiger charge is -2.30. The fourth-order valence-electron chi connectivity index (χ4n) is 3.03. The number of hydrogen-bond donors (Lipinski definition) is 1. The van der Waals surface area contributed by atoms with Crippen LogP contribution in [0.4, 0.5) is 0 Å². The summed E-state index contributed by atoms with van der Waals surface area (Å²) in [6.07, 6.45) is 0. The van der Waals surface area contributed by atoms with Gasteiger partial charge in [-0.25, -0.2) is 4.98 Å². The number of nitrogens with zero attached hydrogens (tertiary/aromatic N) is 4. The molecule has 1 aliphatic rings. The van der Waals surface area contributed by atoms with Gasteiger partial charge in [0.2, 0.25) is 0 Å². The van der Waals surface area contributed by atoms with Crippen molar-refractivity contribution in [3.05, 3.63) is 41.7 Å². The highest BCUT2D eigenvalue weighted by atomic mass is 16.5. The summed E-state index contributed by atoms with van der Waals surface area (Å²) in [7, 11) is 2.08. The van der Waals surface area contributed by atoms with Gasteiger partial charge >= 0.3 is 0 Å². The zero-order valence-electron chi connectivity index (χ0n) is 13.3. The first-order valence-electron chi connectivity index (χ1n) is 7.84. The molecule has 0 bridgehead atoms. The molecule has 0 radical (unpaired) electrons. The first-order chi connectivity index (χ1) is 11.2. The van der Waals surface area contributed by atoms with Gasteiger partial charge in [-0.3, -0.25) is 4.90 Å². The maximum atomic E-state index is 5.48. The topological polar surface area (TPSA) is 67.1 Å². The van der Waals surface area contributed by atoms with E-state index >= 15 is 0 Å². The van der Waals surface area contributed by atoms with E-state index in [4.69, 9.17) is 4.52 Å². The molecule has 0 spiro atoms. The van der Waals surface area contributed by atoms with Gasteiger partial charge in [0, 0.05) is 25.0 Å². The van der Waals surface area contributed by atoms with Gasteiger partial charge < -0.3 is 9.84 Å². The van der Waals surface area contributed by atoms with E-state index in [1.807, 2.05) is 24.3 Å². The van der Waals surface area contributed by atoms with Gasteiger partial charge in [0.05, 0.1) is 11.6 Å². The SMILES string of the molecule is Cc1cc(-c2nc(C3CNCCN3C)no2)nc2ccccc12. The Morgan fingerprint density at radius 1 is 1.26 bits per heavy atom. The third-order valence-electron chi connectivity index (χ3n) is 4.39. The molecule has 1 atom stereocenters. The fourth-order valence-corrected chi connectivity index (χ4v) is 3.03. The molecule has 1 aliphatic heterocycles. The van der Waals surface area contributed by atoms with Crippen molar-refractivity contribution < 1.29 is 4.52 Å². The predicted octanol–water partition coefficient (Wildman–Crippen LogP) is 2.17. The van der Waals surface area contributed by atoms with Crippen molar-refractivity contribution in [2.24, 2.45) is 0 Å². The third-order valence-corrected chi connectivity index (χ3v) is 4.39. The highest BCUT2D eigenvalue weighted by molar-refractivity contribution is 5.84. The smallest absolute Gasteiger partial charge is 0.276 e. The van der Waals surface area contributed by atoms with Crippen LogP contribution in [0.2, 0.25) is 0 Å². The highest BCUT2D eigenvalue weighted by Gasteiger charge is 2.25. The van der Waals surface area contributed by atoms with Crippen LogP contribution in [0.15, 0.2) is 34.9 Å². The summed E-state index contributed by atoms with van der Waals surface area (Å²) in [5, 5.41) is 8.68. The van der Waals surface area contributed by atoms with Crippen molar-refractivity contribution in [3.8, 4) is 11.6 Å². The van der Waals surface area contributed by atoms with Crippen LogP contribution in [0.1, 0.15) is 17.4 Å². The van der Waals surface area contributed by atoms with E-state index in [-0.39, 0.29) is 6.04 Å².